The zero-order chi connectivity index (χ0) is 21.3. The van der Waals surface area contributed by atoms with Crippen molar-refractivity contribution in [3.63, 3.8) is 0 Å². The highest BCUT2D eigenvalue weighted by molar-refractivity contribution is 6.12. The van der Waals surface area contributed by atoms with Crippen molar-refractivity contribution in [2.24, 2.45) is 5.10 Å². The lowest BCUT2D eigenvalue weighted by molar-refractivity contribution is -0.130. The Morgan fingerprint density at radius 1 is 0.967 bits per heavy atom. The number of hydrogen-bond donors (Lipinski definition) is 0. The Morgan fingerprint density at radius 2 is 1.63 bits per heavy atom. The molecule has 0 saturated heterocycles. The van der Waals surface area contributed by atoms with Crippen LogP contribution in [-0.4, -0.2) is 38.0 Å². The number of nitrogens with zero attached hydrogens (tertiary/aromatic N) is 2. The lowest BCUT2D eigenvalue weighted by atomic mass is 9.94. The predicted octanol–water partition coefficient (Wildman–Crippen LogP) is 4.56. The van der Waals surface area contributed by atoms with E-state index >= 15 is 0 Å². The minimum absolute atomic E-state index is 0.121. The molecule has 6 heteroatoms. The highest BCUT2D eigenvalue weighted by Gasteiger charge is 2.33. The summed E-state index contributed by atoms with van der Waals surface area (Å²) >= 11 is 0. The van der Waals surface area contributed by atoms with Gasteiger partial charge in [0, 0.05) is 18.9 Å². The summed E-state index contributed by atoms with van der Waals surface area (Å²) in [6.45, 7) is 1.53. The molecule has 4 rings (SSSR count). The number of amides is 1. The maximum absolute atomic E-state index is 12.4. The number of fused-ring (bicyclic) bond motifs is 1. The molecule has 1 heterocycles. The molecule has 0 saturated carbocycles. The van der Waals surface area contributed by atoms with Crippen LogP contribution in [0.5, 0.6) is 17.2 Å². The van der Waals surface area contributed by atoms with Crippen molar-refractivity contribution in [3.8, 4) is 17.2 Å². The van der Waals surface area contributed by atoms with Crippen LogP contribution >= 0.6 is 0 Å². The molecule has 3 aromatic carbocycles. The van der Waals surface area contributed by atoms with E-state index in [0.29, 0.717) is 23.7 Å². The van der Waals surface area contributed by atoms with Gasteiger partial charge in [0.2, 0.25) is 11.7 Å². The van der Waals surface area contributed by atoms with E-state index in [1.54, 1.807) is 21.3 Å². The lowest BCUT2D eigenvalue weighted by Gasteiger charge is -2.22. The van der Waals surface area contributed by atoms with E-state index in [1.165, 1.54) is 11.9 Å². The lowest BCUT2D eigenvalue weighted by Crippen LogP contribution is -2.24. The second-order valence-electron chi connectivity index (χ2n) is 7.12. The largest absolute Gasteiger partial charge is 0.493 e. The van der Waals surface area contributed by atoms with Crippen molar-refractivity contribution >= 4 is 22.4 Å². The Labute approximate surface area is 175 Å². The number of hydrazone groups is 1. The van der Waals surface area contributed by atoms with E-state index in [2.05, 4.69) is 24.3 Å². The molecule has 0 aliphatic carbocycles. The smallest absolute Gasteiger partial charge is 0.240 e. The minimum atomic E-state index is -0.259. The first-order valence-corrected chi connectivity index (χ1v) is 9.72. The van der Waals surface area contributed by atoms with Gasteiger partial charge >= 0.3 is 0 Å². The number of methoxy groups -OCH3 is 3. The Balaban J connectivity index is 1.79. The summed E-state index contributed by atoms with van der Waals surface area (Å²) < 4.78 is 16.4. The fraction of sp³-hybridized carbons (Fsp3) is 0.250. The van der Waals surface area contributed by atoms with Crippen LogP contribution in [0.1, 0.15) is 30.5 Å². The van der Waals surface area contributed by atoms with Crippen LogP contribution in [0.4, 0.5) is 0 Å². The summed E-state index contributed by atoms with van der Waals surface area (Å²) in [4.78, 5) is 12.4. The molecule has 0 radical (unpaired) electrons. The average Bonchev–Trinajstić information content (AvgIpc) is 3.23. The summed E-state index contributed by atoms with van der Waals surface area (Å²) in [6, 6.07) is 17.8. The van der Waals surface area contributed by atoms with Crippen molar-refractivity contribution in [1.82, 2.24) is 5.01 Å². The third-order valence-electron chi connectivity index (χ3n) is 5.41. The van der Waals surface area contributed by atoms with E-state index in [0.717, 1.165) is 27.6 Å². The summed E-state index contributed by atoms with van der Waals surface area (Å²) in [7, 11) is 4.73. The van der Waals surface area contributed by atoms with E-state index in [-0.39, 0.29) is 11.9 Å². The Morgan fingerprint density at radius 3 is 2.27 bits per heavy atom. The molecule has 0 aromatic heterocycles. The van der Waals surface area contributed by atoms with E-state index in [4.69, 9.17) is 19.3 Å². The van der Waals surface area contributed by atoms with Crippen molar-refractivity contribution in [2.45, 2.75) is 19.4 Å². The first-order chi connectivity index (χ1) is 14.6. The molecule has 1 atom stereocenters. The fourth-order valence-corrected chi connectivity index (χ4v) is 3.99. The van der Waals surface area contributed by atoms with Crippen LogP contribution in [0, 0.1) is 0 Å². The van der Waals surface area contributed by atoms with Crippen molar-refractivity contribution in [2.75, 3.05) is 21.3 Å². The Bertz CT molecular complexity index is 1110. The van der Waals surface area contributed by atoms with Crippen LogP contribution in [0.2, 0.25) is 0 Å². The van der Waals surface area contributed by atoms with Gasteiger partial charge in [-0.1, -0.05) is 42.5 Å². The van der Waals surface area contributed by atoms with Gasteiger partial charge in [0.1, 0.15) is 0 Å². The molecule has 0 N–H and O–H groups in total. The molecule has 1 aliphatic rings. The SMILES string of the molecule is COc1cc(C2CC(c3cccc4ccccc34)=NN2C(C)=O)cc(OC)c1OC. The molecule has 0 bridgehead atoms. The van der Waals surface area contributed by atoms with Gasteiger partial charge in [-0.15, -0.1) is 0 Å². The normalized spacial score (nSPS) is 15.8. The number of rotatable bonds is 5. The van der Waals surface area contributed by atoms with Crippen molar-refractivity contribution < 1.29 is 19.0 Å². The third-order valence-corrected chi connectivity index (χ3v) is 5.41. The van der Waals surface area contributed by atoms with Crippen LogP contribution in [0.3, 0.4) is 0 Å². The van der Waals surface area contributed by atoms with Gasteiger partial charge in [0.25, 0.3) is 0 Å². The van der Waals surface area contributed by atoms with E-state index < -0.39 is 0 Å². The molecule has 1 amide bonds. The van der Waals surface area contributed by atoms with Crippen LogP contribution in [0.15, 0.2) is 59.7 Å². The van der Waals surface area contributed by atoms with Crippen molar-refractivity contribution in [3.05, 3.63) is 65.7 Å². The number of ether oxygens (including phenoxy) is 3. The Kier molecular flexibility index (Phi) is 5.31. The highest BCUT2D eigenvalue weighted by Crippen LogP contribution is 2.43. The maximum atomic E-state index is 12.4. The number of benzene rings is 3. The van der Waals surface area contributed by atoms with E-state index in [9.17, 15) is 4.79 Å². The summed E-state index contributed by atoms with van der Waals surface area (Å²) in [5.74, 6) is 1.50. The first kappa shape index (κ1) is 19.8. The monoisotopic (exact) mass is 404 g/mol. The van der Waals surface area contributed by atoms with Crippen LogP contribution < -0.4 is 14.2 Å². The van der Waals surface area contributed by atoms with E-state index in [1.807, 2.05) is 30.3 Å². The van der Waals surface area contributed by atoms with Gasteiger partial charge in [-0.2, -0.15) is 5.10 Å². The van der Waals surface area contributed by atoms with Crippen LogP contribution in [-0.2, 0) is 4.79 Å². The molecular formula is C24H24N2O4. The quantitative estimate of drug-likeness (QED) is 0.625. The van der Waals surface area contributed by atoms with Crippen molar-refractivity contribution in [1.29, 1.82) is 0 Å². The molecule has 1 aliphatic heterocycles. The highest BCUT2D eigenvalue weighted by atomic mass is 16.5. The predicted molar refractivity (Wildman–Crippen MR) is 116 cm³/mol. The molecule has 154 valence electrons. The zero-order valence-corrected chi connectivity index (χ0v) is 17.5. The Hall–Kier alpha value is -3.54. The minimum Gasteiger partial charge on any atom is -0.493 e. The van der Waals surface area contributed by atoms with Gasteiger partial charge in [-0.05, 0) is 28.5 Å². The van der Waals surface area contributed by atoms with Gasteiger partial charge in [-0.3, -0.25) is 4.79 Å². The van der Waals surface area contributed by atoms with Gasteiger partial charge in [0.15, 0.2) is 11.5 Å². The molecular weight excluding hydrogens is 380 g/mol. The topological polar surface area (TPSA) is 60.4 Å². The summed E-state index contributed by atoms with van der Waals surface area (Å²) in [6.07, 6.45) is 0.590. The number of carbonyl (C=O) groups excluding carboxylic acids is 1. The molecule has 0 fully saturated rings. The molecule has 0 spiro atoms. The molecule has 1 unspecified atom stereocenters. The summed E-state index contributed by atoms with van der Waals surface area (Å²) in [5, 5.41) is 8.51. The summed E-state index contributed by atoms with van der Waals surface area (Å²) in [5.41, 5.74) is 2.79. The van der Waals surface area contributed by atoms with Gasteiger partial charge in [-0.25, -0.2) is 5.01 Å². The molecule has 30 heavy (non-hydrogen) atoms. The second-order valence-corrected chi connectivity index (χ2v) is 7.12. The molecule has 3 aromatic rings. The third kappa shape index (κ3) is 3.34. The standard InChI is InChI=1S/C24H24N2O4/c1-15(27)26-21(17-12-22(28-2)24(30-4)23(13-17)29-3)14-20(25-26)19-11-7-9-16-8-5-6-10-18(16)19/h5-13,21H,14H2,1-4H3. The van der Waals surface area contributed by atoms with Crippen LogP contribution in [0.25, 0.3) is 10.8 Å². The van der Waals surface area contributed by atoms with Gasteiger partial charge < -0.3 is 14.2 Å². The first-order valence-electron chi connectivity index (χ1n) is 9.72. The maximum Gasteiger partial charge on any atom is 0.240 e. The number of hydrogen-bond acceptors (Lipinski definition) is 5. The fourth-order valence-electron chi connectivity index (χ4n) is 3.99. The zero-order valence-electron chi connectivity index (χ0n) is 17.5. The molecule has 6 nitrogen and oxygen atoms in total. The van der Waals surface area contributed by atoms with Gasteiger partial charge in [0.05, 0.1) is 33.1 Å². The average molecular weight is 404 g/mol. The second kappa shape index (κ2) is 8.06. The number of carbonyl (C=O) groups is 1.